The zero-order chi connectivity index (χ0) is 36.9. The largest absolute Gasteiger partial charge is 0.490 e. The van der Waals surface area contributed by atoms with Crippen molar-refractivity contribution < 1.29 is 9.13 Å². The molecule has 9 N–H and O–H groups in total. The Morgan fingerprint density at radius 3 is 2.34 bits per heavy atom. The van der Waals surface area contributed by atoms with Crippen LogP contribution in [0.1, 0.15) is 77.3 Å². The minimum atomic E-state index is -1.12. The fourth-order valence-corrected chi connectivity index (χ4v) is 4.99. The maximum atomic E-state index is 13.2. The predicted molar refractivity (Wildman–Crippen MR) is 204 cm³/mol. The number of nitrogens with one attached hydrogen (secondary N) is 3. The molecular formula is C38H58FN9O2. The van der Waals surface area contributed by atoms with Gasteiger partial charge in [0.15, 0.2) is 5.96 Å². The van der Waals surface area contributed by atoms with Gasteiger partial charge in [0.2, 0.25) is 0 Å². The van der Waals surface area contributed by atoms with E-state index in [-0.39, 0.29) is 35.6 Å². The maximum Gasteiger partial charge on any atom is 0.354 e. The summed E-state index contributed by atoms with van der Waals surface area (Å²) in [5.74, 6) is 0.850. The Morgan fingerprint density at radius 1 is 1.00 bits per heavy atom. The first-order valence-electron chi connectivity index (χ1n) is 17.4. The molecule has 0 aliphatic carbocycles. The number of ether oxygens (including phenoxy) is 1. The molecule has 50 heavy (non-hydrogen) atoms. The van der Waals surface area contributed by atoms with E-state index in [9.17, 15) is 9.18 Å². The number of aliphatic imine (C=N–C) groups is 1. The molecule has 0 bridgehead atoms. The van der Waals surface area contributed by atoms with Crippen molar-refractivity contribution in [1.29, 1.82) is 0 Å². The highest BCUT2D eigenvalue weighted by Crippen LogP contribution is 2.28. The van der Waals surface area contributed by atoms with Gasteiger partial charge in [-0.15, -0.1) is 0 Å². The Kier molecular flexibility index (Phi) is 15.0. The average Bonchev–Trinajstić information content (AvgIpc) is 3.49. The lowest BCUT2D eigenvalue weighted by molar-refractivity contribution is 0.200. The number of nitrogens with zero attached hydrogens (tertiary/aromatic N) is 3. The second-order valence-electron chi connectivity index (χ2n) is 14.5. The summed E-state index contributed by atoms with van der Waals surface area (Å²) >= 11 is 0. The molecule has 4 aromatic rings. The monoisotopic (exact) mass is 691 g/mol. The van der Waals surface area contributed by atoms with Gasteiger partial charge in [0.25, 0.3) is 0 Å². The number of H-pyrrole nitrogens is 1. The Balaban J connectivity index is 0.000000286. The predicted octanol–water partition coefficient (Wildman–Crippen LogP) is 4.58. The van der Waals surface area contributed by atoms with Crippen LogP contribution < -0.4 is 38.3 Å². The van der Waals surface area contributed by atoms with Gasteiger partial charge in [0.1, 0.15) is 24.2 Å². The highest BCUT2D eigenvalue weighted by molar-refractivity contribution is 5.76. The lowest BCUT2D eigenvalue weighted by atomic mass is 9.85. The number of benzene rings is 2. The maximum absolute atomic E-state index is 13.2. The van der Waals surface area contributed by atoms with Crippen LogP contribution in [0, 0.1) is 0 Å². The van der Waals surface area contributed by atoms with Gasteiger partial charge in [0, 0.05) is 42.3 Å². The van der Waals surface area contributed by atoms with Crippen LogP contribution in [-0.2, 0) is 23.8 Å². The van der Waals surface area contributed by atoms with Gasteiger partial charge < -0.3 is 37.6 Å². The summed E-state index contributed by atoms with van der Waals surface area (Å²) in [7, 11) is 0. The minimum Gasteiger partial charge on any atom is -0.490 e. The molecule has 0 saturated carbocycles. The Morgan fingerprint density at radius 2 is 1.72 bits per heavy atom. The highest BCUT2D eigenvalue weighted by atomic mass is 19.1. The van der Waals surface area contributed by atoms with Crippen molar-refractivity contribution >= 4 is 17.0 Å². The lowest BCUT2D eigenvalue weighted by Crippen LogP contribution is -2.23. The average molecular weight is 692 g/mol. The summed E-state index contributed by atoms with van der Waals surface area (Å²) in [6.07, 6.45) is 2.52. The number of fused-ring (bicyclic) bond motifs is 1. The van der Waals surface area contributed by atoms with Crippen LogP contribution in [0.4, 0.5) is 4.39 Å². The Hall–Kier alpha value is -4.26. The van der Waals surface area contributed by atoms with Crippen molar-refractivity contribution in [2.24, 2.45) is 22.2 Å². The number of hydrogen-bond acceptors (Lipinski definition) is 7. The van der Waals surface area contributed by atoms with Gasteiger partial charge in [-0.25, -0.2) is 9.18 Å². The second-order valence-corrected chi connectivity index (χ2v) is 14.5. The third-order valence-electron chi connectivity index (χ3n) is 8.03. The number of halogens is 1. The fourth-order valence-electron chi connectivity index (χ4n) is 4.99. The normalized spacial score (nSPS) is 12.3. The molecule has 0 amide bonds. The van der Waals surface area contributed by atoms with Gasteiger partial charge in [-0.1, -0.05) is 66.7 Å². The Labute approximate surface area is 296 Å². The van der Waals surface area contributed by atoms with Gasteiger partial charge in [-0.05, 0) is 84.9 Å². The number of alkyl halides is 1. The molecule has 2 aromatic carbocycles. The molecule has 1 atom stereocenters. The zero-order valence-corrected chi connectivity index (χ0v) is 30.9. The third-order valence-corrected chi connectivity index (χ3v) is 8.03. The van der Waals surface area contributed by atoms with Crippen molar-refractivity contribution in [2.45, 2.75) is 84.9 Å². The van der Waals surface area contributed by atoms with Gasteiger partial charge in [-0.2, -0.15) is 4.98 Å². The third kappa shape index (κ3) is 12.9. The molecule has 4 rings (SSSR count). The van der Waals surface area contributed by atoms with E-state index in [0.29, 0.717) is 12.2 Å². The van der Waals surface area contributed by atoms with Crippen molar-refractivity contribution in [3.05, 3.63) is 87.6 Å². The van der Waals surface area contributed by atoms with E-state index in [0.717, 1.165) is 67.1 Å². The number of aromatic amines is 1. The molecular weight excluding hydrogens is 633 g/mol. The highest BCUT2D eigenvalue weighted by Gasteiger charge is 2.18. The van der Waals surface area contributed by atoms with E-state index in [1.165, 1.54) is 11.1 Å². The second kappa shape index (κ2) is 18.7. The van der Waals surface area contributed by atoms with Gasteiger partial charge >= 0.3 is 5.69 Å². The van der Waals surface area contributed by atoms with Crippen LogP contribution in [0.25, 0.3) is 16.7 Å². The van der Waals surface area contributed by atoms with E-state index in [2.05, 4.69) is 86.2 Å². The molecule has 0 radical (unpaired) electrons. The number of rotatable bonds is 15. The van der Waals surface area contributed by atoms with E-state index in [1.807, 2.05) is 42.6 Å². The number of hydrogen-bond donors (Lipinski definition) is 6. The van der Waals surface area contributed by atoms with E-state index in [4.69, 9.17) is 21.9 Å². The first kappa shape index (κ1) is 40.2. The summed E-state index contributed by atoms with van der Waals surface area (Å²) in [6.45, 7) is 19.0. The van der Waals surface area contributed by atoms with Crippen molar-refractivity contribution in [3.8, 4) is 11.4 Å². The van der Waals surface area contributed by atoms with Crippen LogP contribution in [0.2, 0.25) is 0 Å². The summed E-state index contributed by atoms with van der Waals surface area (Å²) in [4.78, 5) is 23.9. The molecule has 274 valence electrons. The SMILES string of the molecule is CC(C)(C)c1cc2cn(-c3ccc(CNCCCN=C(N)N)cc3)c(=O)nc2[nH]1.CCNCCc1cc(OC[C@H](F)CN)cc(C(C)(C)C)c1. The first-order chi connectivity index (χ1) is 23.6. The molecule has 0 unspecified atom stereocenters. The van der Waals surface area contributed by atoms with Crippen LogP contribution in [-0.4, -0.2) is 66.0 Å². The smallest absolute Gasteiger partial charge is 0.354 e. The topological polar surface area (TPSA) is 174 Å². The van der Waals surface area contributed by atoms with Gasteiger partial charge in [0.05, 0.1) is 5.69 Å². The zero-order valence-electron chi connectivity index (χ0n) is 30.9. The summed E-state index contributed by atoms with van der Waals surface area (Å²) in [5.41, 5.74) is 21.6. The number of guanidine groups is 1. The number of likely N-dealkylation sites (N-methyl/N-ethyl adjacent to an activating group) is 1. The molecule has 2 heterocycles. The summed E-state index contributed by atoms with van der Waals surface area (Å²) in [6, 6.07) is 16.1. The molecule has 11 nitrogen and oxygen atoms in total. The molecule has 12 heteroatoms. The quantitative estimate of drug-likeness (QED) is 0.0597. The van der Waals surface area contributed by atoms with Crippen LogP contribution in [0.3, 0.4) is 0 Å². The Bertz CT molecular complexity index is 1710. The fraction of sp³-hybridized carbons (Fsp3) is 0.500. The van der Waals surface area contributed by atoms with Gasteiger partial charge in [-0.3, -0.25) is 9.56 Å². The molecule has 0 aliphatic heterocycles. The standard InChI is InChI=1S/C21H29N7O.C17H29FN2O/c1-21(2,3)17-11-15-13-28(20(29)27-18(15)26-17)16-7-5-14(6-8-16)12-24-9-4-10-25-19(22)23;1-5-20-7-6-13-8-14(17(2,3)4)10-16(9-13)21-12-15(18)11-19/h5-8,11,13,24H,4,9-10,12H2,1-3H3,(H4,22,23,25)(H,26,27,29);8-10,15,20H,5-7,11-12,19H2,1-4H3/t;15-/m.1/s1. The molecule has 0 saturated heterocycles. The molecule has 2 aromatic heterocycles. The van der Waals surface area contributed by atoms with E-state index < -0.39 is 6.17 Å². The van der Waals surface area contributed by atoms with Crippen molar-refractivity contribution in [2.75, 3.05) is 39.3 Å². The lowest BCUT2D eigenvalue weighted by Gasteiger charge is -2.22. The summed E-state index contributed by atoms with van der Waals surface area (Å²) < 4.78 is 20.4. The molecule has 0 aliphatic rings. The van der Waals surface area contributed by atoms with E-state index in [1.54, 1.807) is 4.57 Å². The molecule has 0 spiro atoms. The van der Waals surface area contributed by atoms with Crippen molar-refractivity contribution in [1.82, 2.24) is 25.2 Å². The first-order valence-corrected chi connectivity index (χ1v) is 17.4. The minimum absolute atomic E-state index is 0.00770. The van der Waals surface area contributed by atoms with Crippen molar-refractivity contribution in [3.63, 3.8) is 0 Å². The van der Waals surface area contributed by atoms with E-state index >= 15 is 0 Å². The molecule has 0 fully saturated rings. The summed E-state index contributed by atoms with van der Waals surface area (Å²) in [5, 5.41) is 7.59. The van der Waals surface area contributed by atoms with Crippen LogP contribution >= 0.6 is 0 Å². The van der Waals surface area contributed by atoms with Crippen LogP contribution in [0.5, 0.6) is 5.75 Å². The number of aromatic nitrogens is 3. The number of nitrogens with two attached hydrogens (primary N) is 3. The van der Waals surface area contributed by atoms with Crippen LogP contribution in [0.15, 0.2) is 64.5 Å².